The Balaban J connectivity index is 1.94. The van der Waals surface area contributed by atoms with Gasteiger partial charge in [-0.1, -0.05) is 70.7 Å². The molecule has 0 N–H and O–H groups in total. The van der Waals surface area contributed by atoms with Crippen LogP contribution in [0.5, 0.6) is 11.5 Å². The van der Waals surface area contributed by atoms with E-state index in [1.807, 2.05) is 38.1 Å². The van der Waals surface area contributed by atoms with Gasteiger partial charge in [-0.05, 0) is 55.3 Å². The molecule has 0 aliphatic carbocycles. The van der Waals surface area contributed by atoms with Gasteiger partial charge in [0.05, 0.1) is 28.3 Å². The lowest BCUT2D eigenvalue weighted by atomic mass is 10.0. The minimum absolute atomic E-state index is 0.360. The van der Waals surface area contributed by atoms with E-state index in [0.717, 1.165) is 5.56 Å². The Kier molecular flexibility index (Phi) is 7.87. The van der Waals surface area contributed by atoms with Crippen LogP contribution in [0.1, 0.15) is 29.2 Å². The lowest BCUT2D eigenvalue weighted by Gasteiger charge is -2.15. The van der Waals surface area contributed by atoms with Crippen molar-refractivity contribution in [1.29, 1.82) is 5.26 Å². The fourth-order valence-electron chi connectivity index (χ4n) is 2.96. The molecule has 0 amide bonds. The van der Waals surface area contributed by atoms with Crippen molar-refractivity contribution < 1.29 is 9.47 Å². The molecule has 3 aromatic carbocycles. The molecule has 0 fully saturated rings. The van der Waals surface area contributed by atoms with Gasteiger partial charge in [0.1, 0.15) is 6.61 Å². The molecule has 0 spiro atoms. The van der Waals surface area contributed by atoms with Gasteiger partial charge in [0.2, 0.25) is 0 Å². The summed E-state index contributed by atoms with van der Waals surface area (Å²) >= 11 is 18.8. The highest BCUT2D eigenvalue weighted by Crippen LogP contribution is 2.38. The SMILES string of the molecule is CCOc1cc(/C=C(\C#N)c2ccc(Cl)cc2Cl)cc(Cl)c1OCc1ccc(C)cc1. The highest BCUT2D eigenvalue weighted by molar-refractivity contribution is 6.36. The minimum atomic E-state index is 0.360. The number of benzene rings is 3. The van der Waals surface area contributed by atoms with Crippen LogP contribution in [0.25, 0.3) is 11.6 Å². The summed E-state index contributed by atoms with van der Waals surface area (Å²) in [5.74, 6) is 0.970. The van der Waals surface area contributed by atoms with E-state index < -0.39 is 0 Å². The Morgan fingerprint density at radius 2 is 1.71 bits per heavy atom. The Labute approximate surface area is 197 Å². The van der Waals surface area contributed by atoms with Crippen LogP contribution in [-0.2, 0) is 6.61 Å². The third-order valence-electron chi connectivity index (χ3n) is 4.49. The van der Waals surface area contributed by atoms with Crippen molar-refractivity contribution in [3.63, 3.8) is 0 Å². The van der Waals surface area contributed by atoms with Gasteiger partial charge < -0.3 is 9.47 Å². The second-order valence-corrected chi connectivity index (χ2v) is 8.08. The summed E-state index contributed by atoms with van der Waals surface area (Å²) in [5.41, 5.74) is 3.87. The molecule has 0 bridgehead atoms. The number of hydrogen-bond donors (Lipinski definition) is 0. The Morgan fingerprint density at radius 3 is 2.35 bits per heavy atom. The van der Waals surface area contributed by atoms with E-state index in [-0.39, 0.29) is 0 Å². The van der Waals surface area contributed by atoms with E-state index in [1.54, 1.807) is 36.4 Å². The maximum Gasteiger partial charge on any atom is 0.180 e. The predicted molar refractivity (Wildman–Crippen MR) is 128 cm³/mol. The second-order valence-electron chi connectivity index (χ2n) is 6.83. The topological polar surface area (TPSA) is 42.2 Å². The van der Waals surface area contributed by atoms with Crippen LogP contribution in [0.3, 0.4) is 0 Å². The first kappa shape index (κ1) is 23.0. The standard InChI is InChI=1S/C25H20Cl3NO2/c1-3-30-24-12-18(10-19(14-29)21-9-8-20(26)13-22(21)27)11-23(28)25(24)31-15-17-6-4-16(2)5-7-17/h4-13H,3,15H2,1-2H3/b19-10+. The maximum absolute atomic E-state index is 9.66. The normalized spacial score (nSPS) is 11.2. The molecule has 0 aliphatic heterocycles. The fraction of sp³-hybridized carbons (Fsp3) is 0.160. The van der Waals surface area contributed by atoms with Crippen molar-refractivity contribution in [3.8, 4) is 17.6 Å². The van der Waals surface area contributed by atoms with Crippen LogP contribution in [0.15, 0.2) is 54.6 Å². The minimum Gasteiger partial charge on any atom is -0.490 e. The third kappa shape index (κ3) is 5.95. The number of nitrogens with zero attached hydrogens (tertiary/aromatic N) is 1. The Hall–Kier alpha value is -2.64. The molecule has 0 saturated carbocycles. The summed E-state index contributed by atoms with van der Waals surface area (Å²) in [5, 5.41) is 11.0. The van der Waals surface area contributed by atoms with E-state index in [1.165, 1.54) is 5.56 Å². The molecule has 31 heavy (non-hydrogen) atoms. The van der Waals surface area contributed by atoms with Crippen molar-refractivity contribution in [2.24, 2.45) is 0 Å². The average molecular weight is 473 g/mol. The lowest BCUT2D eigenvalue weighted by Crippen LogP contribution is -2.01. The van der Waals surface area contributed by atoms with Crippen molar-refractivity contribution in [3.05, 3.63) is 91.9 Å². The first-order valence-electron chi connectivity index (χ1n) is 9.63. The van der Waals surface area contributed by atoms with Crippen molar-refractivity contribution in [2.45, 2.75) is 20.5 Å². The number of halogens is 3. The smallest absolute Gasteiger partial charge is 0.180 e. The first-order chi connectivity index (χ1) is 14.9. The van der Waals surface area contributed by atoms with E-state index in [9.17, 15) is 5.26 Å². The highest BCUT2D eigenvalue weighted by atomic mass is 35.5. The van der Waals surface area contributed by atoms with Crippen molar-refractivity contribution in [2.75, 3.05) is 6.61 Å². The Bertz CT molecular complexity index is 1150. The zero-order valence-corrected chi connectivity index (χ0v) is 19.4. The van der Waals surface area contributed by atoms with Gasteiger partial charge in [0.25, 0.3) is 0 Å². The Morgan fingerprint density at radius 1 is 0.968 bits per heavy atom. The molecule has 0 atom stereocenters. The highest BCUT2D eigenvalue weighted by Gasteiger charge is 2.14. The first-order valence-corrected chi connectivity index (χ1v) is 10.8. The van der Waals surface area contributed by atoms with Gasteiger partial charge in [-0.2, -0.15) is 5.26 Å². The molecule has 0 unspecified atom stereocenters. The molecule has 3 aromatic rings. The van der Waals surface area contributed by atoms with E-state index in [4.69, 9.17) is 44.3 Å². The molecular weight excluding hydrogens is 453 g/mol. The largest absolute Gasteiger partial charge is 0.490 e. The van der Waals surface area contributed by atoms with Crippen LogP contribution in [-0.4, -0.2) is 6.61 Å². The summed E-state index contributed by atoms with van der Waals surface area (Å²) < 4.78 is 11.7. The number of rotatable bonds is 7. The van der Waals surface area contributed by atoms with Gasteiger partial charge in [0.15, 0.2) is 11.5 Å². The van der Waals surface area contributed by atoms with Gasteiger partial charge in [-0.3, -0.25) is 0 Å². The molecule has 6 heteroatoms. The summed E-state index contributed by atoms with van der Waals surface area (Å²) in [7, 11) is 0. The number of allylic oxidation sites excluding steroid dienone is 1. The summed E-state index contributed by atoms with van der Waals surface area (Å²) in [6, 6.07) is 18.8. The molecule has 3 nitrogen and oxygen atoms in total. The monoisotopic (exact) mass is 471 g/mol. The van der Waals surface area contributed by atoms with Crippen LogP contribution >= 0.6 is 34.8 Å². The van der Waals surface area contributed by atoms with Crippen LogP contribution in [0, 0.1) is 18.3 Å². The molecule has 0 radical (unpaired) electrons. The van der Waals surface area contributed by atoms with Gasteiger partial charge in [-0.15, -0.1) is 0 Å². The van der Waals surface area contributed by atoms with Crippen LogP contribution in [0.2, 0.25) is 15.1 Å². The lowest BCUT2D eigenvalue weighted by molar-refractivity contribution is 0.269. The van der Waals surface area contributed by atoms with Crippen LogP contribution in [0.4, 0.5) is 0 Å². The molecule has 0 aliphatic rings. The van der Waals surface area contributed by atoms with Gasteiger partial charge >= 0.3 is 0 Å². The number of ether oxygens (including phenoxy) is 2. The third-order valence-corrected chi connectivity index (χ3v) is 5.32. The zero-order chi connectivity index (χ0) is 22.4. The van der Waals surface area contributed by atoms with E-state index >= 15 is 0 Å². The van der Waals surface area contributed by atoms with Crippen molar-refractivity contribution >= 4 is 46.5 Å². The molecule has 3 rings (SSSR count). The summed E-state index contributed by atoms with van der Waals surface area (Å²) in [6.07, 6.45) is 1.70. The molecule has 0 aromatic heterocycles. The predicted octanol–water partition coefficient (Wildman–Crippen LogP) is 8.00. The molecule has 158 valence electrons. The maximum atomic E-state index is 9.66. The van der Waals surface area contributed by atoms with Crippen LogP contribution < -0.4 is 9.47 Å². The number of nitriles is 1. The van der Waals surface area contributed by atoms with Gasteiger partial charge in [0, 0.05) is 10.6 Å². The summed E-state index contributed by atoms with van der Waals surface area (Å²) in [4.78, 5) is 0. The van der Waals surface area contributed by atoms with E-state index in [2.05, 4.69) is 6.07 Å². The molecule has 0 heterocycles. The molecule has 0 saturated heterocycles. The van der Waals surface area contributed by atoms with Gasteiger partial charge in [-0.25, -0.2) is 0 Å². The average Bonchev–Trinajstić information content (AvgIpc) is 2.73. The quantitative estimate of drug-likeness (QED) is 0.258. The fourth-order valence-corrected chi connectivity index (χ4v) is 3.74. The van der Waals surface area contributed by atoms with E-state index in [0.29, 0.717) is 56.5 Å². The molecular formula is C25H20Cl3NO2. The summed E-state index contributed by atoms with van der Waals surface area (Å²) in [6.45, 7) is 4.72. The second kappa shape index (κ2) is 10.6. The zero-order valence-electron chi connectivity index (χ0n) is 17.1. The van der Waals surface area contributed by atoms with Crippen molar-refractivity contribution in [1.82, 2.24) is 0 Å². The number of hydrogen-bond acceptors (Lipinski definition) is 3. The number of aryl methyl sites for hydroxylation is 1.